The molecule has 2 atom stereocenters. The summed E-state index contributed by atoms with van der Waals surface area (Å²) in [4.78, 5) is 24.9. The summed E-state index contributed by atoms with van der Waals surface area (Å²) in [6.07, 6.45) is 38.6. The first-order valence-electron chi connectivity index (χ1n) is 20.2. The van der Waals surface area contributed by atoms with Gasteiger partial charge in [0, 0.05) is 13.0 Å². The lowest BCUT2D eigenvalue weighted by Gasteiger charge is -2.28. The fourth-order valence-electron chi connectivity index (χ4n) is 5.26. The number of likely N-dealkylation sites (N-methyl/N-ethyl adjacent to an activating group) is 1. The van der Waals surface area contributed by atoms with E-state index in [2.05, 4.69) is 50.3 Å². The molecular weight excluding hydrogens is 649 g/mol. The van der Waals surface area contributed by atoms with Crippen LogP contribution in [0.4, 0.5) is 0 Å². The molecule has 2 unspecified atom stereocenters. The van der Waals surface area contributed by atoms with Crippen LogP contribution in [0.1, 0.15) is 162 Å². The number of esters is 1. The first-order valence-corrected chi connectivity index (χ1v) is 21.7. The lowest BCUT2D eigenvalue weighted by atomic mass is 10.1. The van der Waals surface area contributed by atoms with Crippen LogP contribution in [0.15, 0.2) is 36.5 Å². The maximum absolute atomic E-state index is 12.6. The van der Waals surface area contributed by atoms with Crippen LogP contribution < -0.4 is 4.89 Å². The summed E-state index contributed by atoms with van der Waals surface area (Å²) in [5.41, 5.74) is 0. The van der Waals surface area contributed by atoms with Crippen LogP contribution >= 0.6 is 7.82 Å². The number of ether oxygens (including phenoxy) is 2. The minimum Gasteiger partial charge on any atom is -0.756 e. The van der Waals surface area contributed by atoms with Gasteiger partial charge in [-0.15, -0.1) is 0 Å². The number of nitrogens with zero attached hydrogens (tertiary/aromatic N) is 1. The van der Waals surface area contributed by atoms with Crippen molar-refractivity contribution in [2.45, 2.75) is 168 Å². The average molecular weight is 728 g/mol. The third kappa shape index (κ3) is 38.0. The Morgan fingerprint density at radius 2 is 1.10 bits per heavy atom. The molecule has 9 heteroatoms. The highest BCUT2D eigenvalue weighted by atomic mass is 31.2. The van der Waals surface area contributed by atoms with Crippen molar-refractivity contribution < 1.29 is 37.3 Å². The van der Waals surface area contributed by atoms with Gasteiger partial charge in [0.05, 0.1) is 34.4 Å². The van der Waals surface area contributed by atoms with Gasteiger partial charge in [-0.2, -0.15) is 0 Å². The van der Waals surface area contributed by atoms with Crippen LogP contribution in [-0.4, -0.2) is 70.7 Å². The maximum Gasteiger partial charge on any atom is 0.306 e. The van der Waals surface area contributed by atoms with Crippen LogP contribution in [0.3, 0.4) is 0 Å². The summed E-state index contributed by atoms with van der Waals surface area (Å²) < 4.78 is 34.4. The Labute approximate surface area is 308 Å². The van der Waals surface area contributed by atoms with Crippen molar-refractivity contribution in [1.82, 2.24) is 0 Å². The summed E-state index contributed by atoms with van der Waals surface area (Å²) in [5.74, 6) is -0.348. The van der Waals surface area contributed by atoms with Crippen molar-refractivity contribution in [2.24, 2.45) is 0 Å². The van der Waals surface area contributed by atoms with Crippen molar-refractivity contribution in [1.29, 1.82) is 0 Å². The molecule has 0 aliphatic heterocycles. The van der Waals surface area contributed by atoms with Crippen LogP contribution in [0, 0.1) is 0 Å². The fourth-order valence-corrected chi connectivity index (χ4v) is 5.99. The van der Waals surface area contributed by atoms with Gasteiger partial charge in [0.25, 0.3) is 7.82 Å². The smallest absolute Gasteiger partial charge is 0.306 e. The number of rotatable bonds is 37. The molecule has 0 aliphatic rings. The van der Waals surface area contributed by atoms with Gasteiger partial charge in [-0.05, 0) is 51.4 Å². The molecule has 8 nitrogen and oxygen atoms in total. The average Bonchev–Trinajstić information content (AvgIpc) is 3.06. The molecule has 0 saturated heterocycles. The zero-order valence-corrected chi connectivity index (χ0v) is 34.0. The first-order chi connectivity index (χ1) is 24.1. The zero-order chi connectivity index (χ0) is 37.0. The van der Waals surface area contributed by atoms with Crippen molar-refractivity contribution in [3.8, 4) is 0 Å². The molecule has 50 heavy (non-hydrogen) atoms. The highest BCUT2D eigenvalue weighted by molar-refractivity contribution is 7.45. The molecule has 0 heterocycles. The second-order valence-electron chi connectivity index (χ2n) is 14.6. The molecule has 0 bridgehead atoms. The van der Waals surface area contributed by atoms with Crippen molar-refractivity contribution >= 4 is 13.8 Å². The number of carbonyl (C=O) groups excluding carboxylic acids is 1. The monoisotopic (exact) mass is 728 g/mol. The Morgan fingerprint density at radius 1 is 0.620 bits per heavy atom. The third-order valence-electron chi connectivity index (χ3n) is 8.44. The molecule has 0 aliphatic carbocycles. The Bertz CT molecular complexity index is 900. The number of allylic oxidation sites excluding steroid dienone is 6. The predicted octanol–water partition coefficient (Wildman–Crippen LogP) is 10.8. The van der Waals surface area contributed by atoms with Gasteiger partial charge in [-0.25, -0.2) is 0 Å². The number of quaternary nitrogens is 1. The number of hydrogen-bond donors (Lipinski definition) is 0. The van der Waals surface area contributed by atoms with Gasteiger partial charge in [0.15, 0.2) is 0 Å². The van der Waals surface area contributed by atoms with Gasteiger partial charge in [-0.3, -0.25) is 9.36 Å². The van der Waals surface area contributed by atoms with Gasteiger partial charge >= 0.3 is 5.97 Å². The minimum atomic E-state index is -4.52. The van der Waals surface area contributed by atoms with E-state index >= 15 is 0 Å². The van der Waals surface area contributed by atoms with E-state index in [9.17, 15) is 14.3 Å². The second-order valence-corrected chi connectivity index (χ2v) is 16.1. The van der Waals surface area contributed by atoms with E-state index in [0.717, 1.165) is 57.8 Å². The lowest BCUT2D eigenvalue weighted by Crippen LogP contribution is -2.37. The predicted molar refractivity (Wildman–Crippen MR) is 208 cm³/mol. The Kier molecular flexibility index (Phi) is 33.9. The normalized spacial score (nSPS) is 14.3. The maximum atomic E-state index is 12.6. The van der Waals surface area contributed by atoms with Crippen LogP contribution in [0.2, 0.25) is 0 Å². The molecule has 0 aromatic carbocycles. The van der Waals surface area contributed by atoms with E-state index in [1.54, 1.807) is 0 Å². The van der Waals surface area contributed by atoms with Crippen LogP contribution in [0.25, 0.3) is 0 Å². The van der Waals surface area contributed by atoms with Gasteiger partial charge in [-0.1, -0.05) is 140 Å². The highest BCUT2D eigenvalue weighted by Gasteiger charge is 2.20. The van der Waals surface area contributed by atoms with Crippen molar-refractivity contribution in [3.63, 3.8) is 0 Å². The van der Waals surface area contributed by atoms with Gasteiger partial charge < -0.3 is 27.9 Å². The van der Waals surface area contributed by atoms with Crippen LogP contribution in [0.5, 0.6) is 0 Å². The van der Waals surface area contributed by atoms with Crippen molar-refractivity contribution in [3.05, 3.63) is 36.5 Å². The number of phosphoric ester groups is 1. The molecule has 0 spiro atoms. The highest BCUT2D eigenvalue weighted by Crippen LogP contribution is 2.38. The minimum absolute atomic E-state index is 0.0235. The molecule has 0 saturated carbocycles. The summed E-state index contributed by atoms with van der Waals surface area (Å²) in [6, 6.07) is 0. The zero-order valence-electron chi connectivity index (χ0n) is 33.1. The van der Waals surface area contributed by atoms with Gasteiger partial charge in [0.1, 0.15) is 19.3 Å². The van der Waals surface area contributed by atoms with E-state index < -0.39 is 13.9 Å². The third-order valence-corrected chi connectivity index (χ3v) is 9.41. The SMILES string of the molecule is CCCCC/C=C\C/C=C\C/C=C\CCCCCCCCC(=O)OC(COCCCCCCCCCCC)COP(=O)([O-])OCC[N+](C)(C)C. The topological polar surface area (TPSA) is 94.1 Å². The Hall–Kier alpha value is -1.28. The molecule has 0 aromatic heterocycles. The summed E-state index contributed by atoms with van der Waals surface area (Å²) in [7, 11) is 1.34. The second kappa shape index (κ2) is 34.8. The van der Waals surface area contributed by atoms with E-state index in [0.29, 0.717) is 24.1 Å². The number of hydrogen-bond acceptors (Lipinski definition) is 7. The summed E-state index contributed by atoms with van der Waals surface area (Å²) in [6.45, 7) is 5.35. The van der Waals surface area contributed by atoms with Gasteiger partial charge in [0.2, 0.25) is 0 Å². The Balaban J connectivity index is 4.24. The number of unbranched alkanes of at least 4 members (excludes halogenated alkanes) is 17. The molecule has 0 radical (unpaired) electrons. The van der Waals surface area contributed by atoms with Crippen molar-refractivity contribution in [2.75, 3.05) is 54.1 Å². The van der Waals surface area contributed by atoms with E-state index in [1.165, 1.54) is 83.5 Å². The van der Waals surface area contributed by atoms with Crippen LogP contribution in [-0.2, 0) is 27.9 Å². The number of carbonyl (C=O) groups is 1. The lowest BCUT2D eigenvalue weighted by molar-refractivity contribution is -0.870. The summed E-state index contributed by atoms with van der Waals surface area (Å²) >= 11 is 0. The molecule has 0 N–H and O–H groups in total. The molecule has 0 amide bonds. The largest absolute Gasteiger partial charge is 0.756 e. The Morgan fingerprint density at radius 3 is 1.68 bits per heavy atom. The molecule has 0 rings (SSSR count). The molecule has 294 valence electrons. The fraction of sp³-hybridized carbons (Fsp3) is 0.829. The standard InChI is InChI=1S/C41H78NO7P/c1-6-8-10-12-14-16-17-18-19-20-21-22-23-24-25-26-28-30-32-34-41(43)49-40(39-48-50(44,45)47-37-35-42(3,4)5)38-46-36-33-31-29-27-15-13-11-9-7-2/h14,16,18-19,21-22,40H,6-13,15,17,20,23-39H2,1-5H3/b16-14-,19-18-,22-21-. The number of phosphoric acid groups is 1. The van der Waals surface area contributed by atoms with E-state index in [1.807, 2.05) is 21.1 Å². The van der Waals surface area contributed by atoms with E-state index in [-0.39, 0.29) is 25.8 Å². The molecular formula is C41H78NO7P. The molecule has 0 fully saturated rings. The summed E-state index contributed by atoms with van der Waals surface area (Å²) in [5, 5.41) is 0. The quantitative estimate of drug-likeness (QED) is 0.0207. The van der Waals surface area contributed by atoms with E-state index in [4.69, 9.17) is 18.5 Å². The first kappa shape index (κ1) is 48.7. The molecule has 0 aromatic rings.